The molecule has 0 heterocycles. The summed E-state index contributed by atoms with van der Waals surface area (Å²) in [4.78, 5) is 11.4. The highest BCUT2D eigenvalue weighted by Gasteiger charge is 2.09. The lowest BCUT2D eigenvalue weighted by atomic mass is 9.97. The molecule has 0 saturated carbocycles. The fourth-order valence-electron chi connectivity index (χ4n) is 1.26. The molecule has 2 heteroatoms. The molecule has 0 spiro atoms. The maximum absolute atomic E-state index is 11.4. The molecule has 1 atom stereocenters. The number of carbonyl (C=O) groups is 1. The van der Waals surface area contributed by atoms with Crippen molar-refractivity contribution in [2.75, 3.05) is 6.54 Å². The minimum Gasteiger partial charge on any atom is -0.330 e. The fraction of sp³-hybridized carbons (Fsp3) is 0.727. The molecule has 0 aliphatic carbocycles. The Bertz CT molecular complexity index is 150. The summed E-state index contributed by atoms with van der Waals surface area (Å²) < 4.78 is 0. The van der Waals surface area contributed by atoms with E-state index in [0.29, 0.717) is 31.1 Å². The van der Waals surface area contributed by atoms with Crippen molar-refractivity contribution in [2.45, 2.75) is 39.0 Å². The summed E-state index contributed by atoms with van der Waals surface area (Å²) in [5.74, 6) is 0.732. The van der Waals surface area contributed by atoms with E-state index in [1.54, 1.807) is 0 Å². The van der Waals surface area contributed by atoms with Crippen LogP contribution in [0.1, 0.15) is 39.0 Å². The number of carbonyl (C=O) groups excluding carboxylic acids is 1. The number of unbranched alkanes of at least 4 members (excludes halogenated alkanes) is 1. The molecule has 0 rings (SSSR count). The third kappa shape index (κ3) is 6.52. The van der Waals surface area contributed by atoms with E-state index < -0.39 is 0 Å². The van der Waals surface area contributed by atoms with Crippen molar-refractivity contribution in [1.82, 2.24) is 0 Å². The van der Waals surface area contributed by atoms with Gasteiger partial charge in [0.15, 0.2) is 0 Å². The molecular formula is C11H21NO. The molecule has 0 radical (unpaired) electrons. The van der Waals surface area contributed by atoms with E-state index in [4.69, 9.17) is 5.73 Å². The first-order valence-electron chi connectivity index (χ1n) is 5.07. The molecule has 0 aromatic rings. The van der Waals surface area contributed by atoms with Gasteiger partial charge in [0.2, 0.25) is 0 Å². The van der Waals surface area contributed by atoms with Crippen LogP contribution in [0.2, 0.25) is 0 Å². The maximum Gasteiger partial charge on any atom is 0.133 e. The van der Waals surface area contributed by atoms with Gasteiger partial charge in [-0.25, -0.2) is 0 Å². The van der Waals surface area contributed by atoms with Crippen molar-refractivity contribution in [2.24, 2.45) is 11.7 Å². The normalized spacial score (nSPS) is 12.5. The van der Waals surface area contributed by atoms with Crippen LogP contribution in [0, 0.1) is 5.92 Å². The van der Waals surface area contributed by atoms with E-state index in [1.165, 1.54) is 0 Å². The quantitative estimate of drug-likeness (QED) is 0.463. The van der Waals surface area contributed by atoms with Gasteiger partial charge in [0.05, 0.1) is 0 Å². The van der Waals surface area contributed by atoms with Gasteiger partial charge in [0, 0.05) is 12.8 Å². The topological polar surface area (TPSA) is 43.1 Å². The van der Waals surface area contributed by atoms with Crippen molar-refractivity contribution in [3.63, 3.8) is 0 Å². The summed E-state index contributed by atoms with van der Waals surface area (Å²) in [6.45, 7) is 6.33. The Kier molecular flexibility index (Phi) is 7.60. The zero-order valence-electron chi connectivity index (χ0n) is 8.59. The third-order valence-electron chi connectivity index (χ3n) is 2.29. The number of Topliss-reactive ketones (excluding diaryl/α,β-unsaturated/α-hetero) is 1. The van der Waals surface area contributed by atoms with E-state index in [0.717, 1.165) is 19.3 Å². The Hall–Kier alpha value is -0.630. The van der Waals surface area contributed by atoms with Gasteiger partial charge in [-0.3, -0.25) is 4.79 Å². The Morgan fingerprint density at radius 3 is 2.77 bits per heavy atom. The summed E-state index contributed by atoms with van der Waals surface area (Å²) in [7, 11) is 0. The molecule has 76 valence electrons. The minimum atomic E-state index is 0.346. The molecule has 0 aromatic carbocycles. The zero-order chi connectivity index (χ0) is 10.1. The lowest BCUT2D eigenvalue weighted by molar-refractivity contribution is -0.120. The van der Waals surface area contributed by atoms with E-state index >= 15 is 0 Å². The van der Waals surface area contributed by atoms with Gasteiger partial charge >= 0.3 is 0 Å². The second-order valence-corrected chi connectivity index (χ2v) is 3.43. The molecule has 2 N–H and O–H groups in total. The number of allylic oxidation sites excluding steroid dienone is 1. The Morgan fingerprint density at radius 2 is 2.31 bits per heavy atom. The standard InChI is InChI=1S/C11H21NO/c1-3-5-6-7-11(13)8-10(4-2)9-12/h3,10H,1,4-9,12H2,2H3. The van der Waals surface area contributed by atoms with E-state index in [2.05, 4.69) is 13.5 Å². The predicted octanol–water partition coefficient (Wildman–Crippen LogP) is 2.29. The van der Waals surface area contributed by atoms with Crippen LogP contribution >= 0.6 is 0 Å². The lowest BCUT2D eigenvalue weighted by Crippen LogP contribution is -2.17. The number of hydrogen-bond acceptors (Lipinski definition) is 2. The first-order valence-corrected chi connectivity index (χ1v) is 5.07. The zero-order valence-corrected chi connectivity index (χ0v) is 8.59. The molecule has 0 amide bonds. The lowest BCUT2D eigenvalue weighted by Gasteiger charge is -2.10. The molecule has 0 aromatic heterocycles. The average molecular weight is 183 g/mol. The highest BCUT2D eigenvalue weighted by molar-refractivity contribution is 5.78. The van der Waals surface area contributed by atoms with Gasteiger partial charge in [-0.1, -0.05) is 19.4 Å². The SMILES string of the molecule is C=CCCCC(=O)CC(CC)CN. The summed E-state index contributed by atoms with van der Waals surface area (Å²) >= 11 is 0. The van der Waals surface area contributed by atoms with Crippen LogP contribution in [0.15, 0.2) is 12.7 Å². The Balaban J connectivity index is 3.53. The van der Waals surface area contributed by atoms with Gasteiger partial charge in [-0.05, 0) is 25.3 Å². The van der Waals surface area contributed by atoms with Gasteiger partial charge in [-0.2, -0.15) is 0 Å². The molecule has 0 aliphatic rings. The van der Waals surface area contributed by atoms with Crippen LogP contribution in [0.25, 0.3) is 0 Å². The van der Waals surface area contributed by atoms with Gasteiger partial charge in [0.25, 0.3) is 0 Å². The van der Waals surface area contributed by atoms with Crippen LogP contribution in [0.3, 0.4) is 0 Å². The van der Waals surface area contributed by atoms with E-state index in [9.17, 15) is 4.79 Å². The number of ketones is 1. The van der Waals surface area contributed by atoms with Crippen molar-refractivity contribution in [1.29, 1.82) is 0 Å². The third-order valence-corrected chi connectivity index (χ3v) is 2.29. The van der Waals surface area contributed by atoms with Gasteiger partial charge in [-0.15, -0.1) is 6.58 Å². The highest BCUT2D eigenvalue weighted by Crippen LogP contribution is 2.09. The average Bonchev–Trinajstić information content (AvgIpc) is 2.14. The first-order chi connectivity index (χ1) is 6.24. The Morgan fingerprint density at radius 1 is 1.62 bits per heavy atom. The summed E-state index contributed by atoms with van der Waals surface area (Å²) in [6.07, 6.45) is 6.07. The second kappa shape index (κ2) is 7.99. The number of rotatable bonds is 8. The maximum atomic E-state index is 11.4. The van der Waals surface area contributed by atoms with Gasteiger partial charge in [0.1, 0.15) is 5.78 Å². The number of hydrogen-bond donors (Lipinski definition) is 1. The van der Waals surface area contributed by atoms with Crippen molar-refractivity contribution in [3.8, 4) is 0 Å². The molecule has 0 fully saturated rings. The van der Waals surface area contributed by atoms with Crippen LogP contribution in [-0.4, -0.2) is 12.3 Å². The molecule has 13 heavy (non-hydrogen) atoms. The molecule has 2 nitrogen and oxygen atoms in total. The van der Waals surface area contributed by atoms with Crippen LogP contribution in [-0.2, 0) is 4.79 Å². The molecule has 0 aliphatic heterocycles. The monoisotopic (exact) mass is 183 g/mol. The highest BCUT2D eigenvalue weighted by atomic mass is 16.1. The van der Waals surface area contributed by atoms with Crippen molar-refractivity contribution in [3.05, 3.63) is 12.7 Å². The van der Waals surface area contributed by atoms with Crippen molar-refractivity contribution < 1.29 is 4.79 Å². The summed E-state index contributed by atoms with van der Waals surface area (Å²) in [6, 6.07) is 0. The molecule has 0 bridgehead atoms. The smallest absolute Gasteiger partial charge is 0.133 e. The van der Waals surface area contributed by atoms with E-state index in [-0.39, 0.29) is 0 Å². The molecule has 0 saturated heterocycles. The number of nitrogens with two attached hydrogens (primary N) is 1. The fourth-order valence-corrected chi connectivity index (χ4v) is 1.26. The first kappa shape index (κ1) is 12.4. The van der Waals surface area contributed by atoms with Crippen molar-refractivity contribution >= 4 is 5.78 Å². The predicted molar refractivity (Wildman–Crippen MR) is 56.5 cm³/mol. The van der Waals surface area contributed by atoms with Crippen LogP contribution < -0.4 is 5.73 Å². The van der Waals surface area contributed by atoms with Crippen LogP contribution in [0.5, 0.6) is 0 Å². The summed E-state index contributed by atoms with van der Waals surface area (Å²) in [5, 5.41) is 0. The minimum absolute atomic E-state index is 0.346. The van der Waals surface area contributed by atoms with E-state index in [1.807, 2.05) is 6.08 Å². The second-order valence-electron chi connectivity index (χ2n) is 3.43. The largest absolute Gasteiger partial charge is 0.330 e. The summed E-state index contributed by atoms with van der Waals surface area (Å²) in [5.41, 5.74) is 5.52. The molecular weight excluding hydrogens is 162 g/mol. The Labute approximate surface area is 81.2 Å². The van der Waals surface area contributed by atoms with Crippen LogP contribution in [0.4, 0.5) is 0 Å². The van der Waals surface area contributed by atoms with Gasteiger partial charge < -0.3 is 5.73 Å². The molecule has 1 unspecified atom stereocenters.